The van der Waals surface area contributed by atoms with Crippen LogP contribution in [0.5, 0.6) is 5.75 Å². The van der Waals surface area contributed by atoms with Crippen LogP contribution in [0.3, 0.4) is 0 Å². The van der Waals surface area contributed by atoms with Gasteiger partial charge in [-0.3, -0.25) is 0 Å². The highest BCUT2D eigenvalue weighted by Crippen LogP contribution is 2.32. The number of rotatable bonds is 4. The van der Waals surface area contributed by atoms with Gasteiger partial charge < -0.3 is 15.8 Å². The Morgan fingerprint density at radius 2 is 2.05 bits per heavy atom. The van der Waals surface area contributed by atoms with Gasteiger partial charge >= 0.3 is 0 Å². The maximum Gasteiger partial charge on any atom is 0.153 e. The summed E-state index contributed by atoms with van der Waals surface area (Å²) in [7, 11) is 0. The number of halogens is 1. The fraction of sp³-hybridized carbons (Fsp3) is 0.235. The lowest BCUT2D eigenvalue weighted by Gasteiger charge is -2.21. The molecule has 0 saturated heterocycles. The van der Waals surface area contributed by atoms with E-state index in [1.807, 2.05) is 31.2 Å². The number of nitrogens with two attached hydrogens (primary N) is 1. The van der Waals surface area contributed by atoms with Gasteiger partial charge in [0, 0.05) is 18.7 Å². The molecule has 0 aromatic heterocycles. The Morgan fingerprint density at radius 3 is 2.86 bits per heavy atom. The summed E-state index contributed by atoms with van der Waals surface area (Å²) in [6.45, 7) is 2.96. The number of fused-ring (bicyclic) bond motifs is 1. The van der Waals surface area contributed by atoms with Crippen molar-refractivity contribution in [3.8, 4) is 5.75 Å². The predicted octanol–water partition coefficient (Wildman–Crippen LogP) is 2.89. The van der Waals surface area contributed by atoms with Crippen LogP contribution in [-0.2, 0) is 13.1 Å². The van der Waals surface area contributed by atoms with E-state index < -0.39 is 0 Å². The minimum absolute atomic E-state index is 0.194. The number of nitrogens with zero attached hydrogens (tertiary/aromatic N) is 1. The van der Waals surface area contributed by atoms with Gasteiger partial charge in [0.05, 0.1) is 0 Å². The van der Waals surface area contributed by atoms with Gasteiger partial charge in [-0.05, 0) is 30.7 Å². The van der Waals surface area contributed by atoms with Crippen molar-refractivity contribution in [1.82, 2.24) is 5.32 Å². The minimum atomic E-state index is -0.197. The van der Waals surface area contributed by atoms with E-state index in [0.717, 1.165) is 17.0 Å². The molecule has 1 unspecified atom stereocenters. The summed E-state index contributed by atoms with van der Waals surface area (Å²) in [4.78, 5) is 4.35. The summed E-state index contributed by atoms with van der Waals surface area (Å²) in [5, 5.41) is 3.23. The first-order valence-electron chi connectivity index (χ1n) is 7.21. The average Bonchev–Trinajstić information content (AvgIpc) is 2.50. The topological polar surface area (TPSA) is 59.6 Å². The van der Waals surface area contributed by atoms with E-state index in [-0.39, 0.29) is 11.9 Å². The first-order valence-corrected chi connectivity index (χ1v) is 7.21. The first-order chi connectivity index (χ1) is 10.6. The Kier molecular flexibility index (Phi) is 4.06. The van der Waals surface area contributed by atoms with E-state index in [9.17, 15) is 4.39 Å². The smallest absolute Gasteiger partial charge is 0.153 e. The summed E-state index contributed by atoms with van der Waals surface area (Å²) >= 11 is 0. The molecule has 3 rings (SSSR count). The molecule has 22 heavy (non-hydrogen) atoms. The predicted molar refractivity (Wildman–Crippen MR) is 84.8 cm³/mol. The van der Waals surface area contributed by atoms with Crippen molar-refractivity contribution in [2.45, 2.75) is 26.1 Å². The quantitative estimate of drug-likeness (QED) is 0.912. The van der Waals surface area contributed by atoms with Crippen LogP contribution in [0, 0.1) is 5.82 Å². The Hall–Kier alpha value is -2.40. The van der Waals surface area contributed by atoms with Gasteiger partial charge in [0.2, 0.25) is 0 Å². The molecular formula is C17H18FN3O. The Morgan fingerprint density at radius 1 is 1.23 bits per heavy atom. The van der Waals surface area contributed by atoms with E-state index in [1.54, 1.807) is 12.1 Å². The second-order valence-corrected chi connectivity index (χ2v) is 5.29. The van der Waals surface area contributed by atoms with Crippen molar-refractivity contribution in [2.75, 3.05) is 0 Å². The van der Waals surface area contributed by atoms with Gasteiger partial charge in [-0.2, -0.15) is 0 Å². The van der Waals surface area contributed by atoms with Crippen LogP contribution in [0.4, 0.5) is 10.1 Å². The second kappa shape index (κ2) is 6.15. The summed E-state index contributed by atoms with van der Waals surface area (Å²) in [5.74, 6) is 1.02. The van der Waals surface area contributed by atoms with Crippen molar-refractivity contribution < 1.29 is 9.13 Å². The molecule has 4 nitrogen and oxygen atoms in total. The SMILES string of the molecule is CC1Oc2ccc(CNCc3ccccc3F)cc2N=C1N. The van der Waals surface area contributed by atoms with Gasteiger partial charge in [-0.1, -0.05) is 24.3 Å². The van der Waals surface area contributed by atoms with Gasteiger partial charge in [0.15, 0.2) is 6.10 Å². The Bertz CT molecular complexity index is 715. The minimum Gasteiger partial charge on any atom is -0.481 e. The van der Waals surface area contributed by atoms with Gasteiger partial charge in [-0.15, -0.1) is 0 Å². The Balaban J connectivity index is 1.66. The monoisotopic (exact) mass is 299 g/mol. The third-order valence-electron chi connectivity index (χ3n) is 3.60. The zero-order chi connectivity index (χ0) is 15.5. The molecule has 1 aliphatic heterocycles. The molecule has 0 aliphatic carbocycles. The largest absolute Gasteiger partial charge is 0.481 e. The highest BCUT2D eigenvalue weighted by molar-refractivity contribution is 5.89. The van der Waals surface area contributed by atoms with Gasteiger partial charge in [0.1, 0.15) is 23.1 Å². The van der Waals surface area contributed by atoms with Crippen LogP contribution < -0.4 is 15.8 Å². The van der Waals surface area contributed by atoms with Crippen LogP contribution in [-0.4, -0.2) is 11.9 Å². The number of benzene rings is 2. The maximum atomic E-state index is 13.5. The molecule has 0 saturated carbocycles. The molecule has 0 fully saturated rings. The first kappa shape index (κ1) is 14.5. The van der Waals surface area contributed by atoms with Gasteiger partial charge in [0.25, 0.3) is 0 Å². The van der Waals surface area contributed by atoms with Crippen molar-refractivity contribution in [2.24, 2.45) is 10.7 Å². The van der Waals surface area contributed by atoms with E-state index in [0.29, 0.717) is 24.5 Å². The fourth-order valence-electron chi connectivity index (χ4n) is 2.32. The molecule has 3 N–H and O–H groups in total. The average molecular weight is 299 g/mol. The molecular weight excluding hydrogens is 281 g/mol. The molecule has 1 atom stereocenters. The van der Waals surface area contributed by atoms with Crippen LogP contribution in [0.15, 0.2) is 47.5 Å². The van der Waals surface area contributed by atoms with Crippen molar-refractivity contribution >= 4 is 11.5 Å². The zero-order valence-electron chi connectivity index (χ0n) is 12.3. The number of ether oxygens (including phenoxy) is 1. The molecule has 5 heteroatoms. The number of nitrogens with one attached hydrogen (secondary N) is 1. The lowest BCUT2D eigenvalue weighted by atomic mass is 10.1. The molecule has 0 spiro atoms. The molecule has 2 aromatic rings. The van der Waals surface area contributed by atoms with Crippen LogP contribution in [0.2, 0.25) is 0 Å². The molecule has 0 bridgehead atoms. The molecule has 0 amide bonds. The van der Waals surface area contributed by atoms with Crippen LogP contribution >= 0.6 is 0 Å². The zero-order valence-corrected chi connectivity index (χ0v) is 12.3. The highest BCUT2D eigenvalue weighted by Gasteiger charge is 2.18. The van der Waals surface area contributed by atoms with E-state index in [2.05, 4.69) is 10.3 Å². The number of amidine groups is 1. The Labute approximate surface area is 128 Å². The lowest BCUT2D eigenvalue weighted by molar-refractivity contribution is 0.281. The third kappa shape index (κ3) is 3.09. The standard InChI is InChI=1S/C17H18FN3O/c1-11-17(19)21-15-8-12(6-7-16(15)22-11)9-20-10-13-4-2-3-5-14(13)18/h2-8,11,20H,9-10H2,1H3,(H2,19,21). The number of aliphatic imine (C=N–C) groups is 1. The summed E-state index contributed by atoms with van der Waals surface area (Å²) < 4.78 is 19.2. The van der Waals surface area contributed by atoms with Crippen LogP contribution in [0.1, 0.15) is 18.1 Å². The third-order valence-corrected chi connectivity index (χ3v) is 3.60. The normalized spacial score (nSPS) is 16.6. The molecule has 114 valence electrons. The summed E-state index contributed by atoms with van der Waals surface area (Å²) in [6.07, 6.45) is -0.197. The highest BCUT2D eigenvalue weighted by atomic mass is 19.1. The molecule has 2 aromatic carbocycles. The molecule has 1 heterocycles. The number of hydrogen-bond donors (Lipinski definition) is 2. The van der Waals surface area contributed by atoms with E-state index in [1.165, 1.54) is 6.07 Å². The summed E-state index contributed by atoms with van der Waals surface area (Å²) in [6, 6.07) is 12.5. The lowest BCUT2D eigenvalue weighted by Crippen LogP contribution is -2.33. The molecule has 0 radical (unpaired) electrons. The summed E-state index contributed by atoms with van der Waals surface area (Å²) in [5.41, 5.74) is 8.24. The second-order valence-electron chi connectivity index (χ2n) is 5.29. The molecule has 1 aliphatic rings. The maximum absolute atomic E-state index is 13.5. The van der Waals surface area contributed by atoms with Gasteiger partial charge in [-0.25, -0.2) is 9.38 Å². The van der Waals surface area contributed by atoms with Crippen LogP contribution in [0.25, 0.3) is 0 Å². The van der Waals surface area contributed by atoms with Crippen molar-refractivity contribution in [3.05, 3.63) is 59.4 Å². The van der Waals surface area contributed by atoms with Crippen molar-refractivity contribution in [3.63, 3.8) is 0 Å². The van der Waals surface area contributed by atoms with E-state index >= 15 is 0 Å². The number of hydrogen-bond acceptors (Lipinski definition) is 4. The fourth-order valence-corrected chi connectivity index (χ4v) is 2.32. The van der Waals surface area contributed by atoms with E-state index in [4.69, 9.17) is 10.5 Å². The van der Waals surface area contributed by atoms with Crippen molar-refractivity contribution in [1.29, 1.82) is 0 Å².